The first-order valence-corrected chi connectivity index (χ1v) is 5.20. The molecule has 7 heteroatoms. The van der Waals surface area contributed by atoms with Crippen molar-refractivity contribution >= 4 is 5.97 Å². The van der Waals surface area contributed by atoms with E-state index in [-0.39, 0.29) is 5.82 Å². The van der Waals surface area contributed by atoms with Crippen LogP contribution in [0.3, 0.4) is 0 Å². The lowest BCUT2D eigenvalue weighted by atomic mass is 10.4. The Morgan fingerprint density at radius 2 is 2.18 bits per heavy atom. The fourth-order valence-corrected chi connectivity index (χ4v) is 1.48. The van der Waals surface area contributed by atoms with Gasteiger partial charge in [0.15, 0.2) is 5.82 Å². The molecule has 0 saturated carbocycles. The van der Waals surface area contributed by atoms with Crippen LogP contribution in [0.25, 0.3) is 11.5 Å². The molecule has 0 aliphatic heterocycles. The highest BCUT2D eigenvalue weighted by Crippen LogP contribution is 2.15. The maximum absolute atomic E-state index is 11.5. The normalized spacial score (nSPS) is 10.5. The van der Waals surface area contributed by atoms with Crippen LogP contribution in [0.4, 0.5) is 0 Å². The number of hydrogen-bond donors (Lipinski definition) is 0. The molecule has 0 N–H and O–H groups in total. The Bertz CT molecular complexity index is 543. The molecule has 2 aromatic rings. The summed E-state index contributed by atoms with van der Waals surface area (Å²) in [5.41, 5.74) is 0.788. The standard InChI is InChI=1S/C10H13N5O2/c1-4-17-10(16)8-12-9(15(3)13-8)7-5-6-11-14(7)2/h5-6H,4H2,1-3H3. The number of aryl methyl sites for hydroxylation is 2. The Kier molecular flexibility index (Phi) is 2.90. The van der Waals surface area contributed by atoms with Crippen LogP contribution in [-0.2, 0) is 18.8 Å². The average molecular weight is 235 g/mol. The molecule has 2 aromatic heterocycles. The molecule has 0 aromatic carbocycles. The molecular formula is C10H13N5O2. The summed E-state index contributed by atoms with van der Waals surface area (Å²) in [5.74, 6) is 0.120. The van der Waals surface area contributed by atoms with Crippen LogP contribution in [0.15, 0.2) is 12.3 Å². The molecule has 90 valence electrons. The van der Waals surface area contributed by atoms with Gasteiger partial charge >= 0.3 is 5.97 Å². The molecule has 0 unspecified atom stereocenters. The van der Waals surface area contributed by atoms with E-state index >= 15 is 0 Å². The quantitative estimate of drug-likeness (QED) is 0.719. The predicted molar refractivity (Wildman–Crippen MR) is 59.2 cm³/mol. The van der Waals surface area contributed by atoms with E-state index in [1.807, 2.05) is 0 Å². The Morgan fingerprint density at radius 3 is 2.76 bits per heavy atom. The third-order valence-electron chi connectivity index (χ3n) is 2.27. The van der Waals surface area contributed by atoms with Crippen molar-refractivity contribution in [1.82, 2.24) is 24.5 Å². The van der Waals surface area contributed by atoms with Crippen molar-refractivity contribution < 1.29 is 9.53 Å². The van der Waals surface area contributed by atoms with E-state index in [0.29, 0.717) is 12.4 Å². The van der Waals surface area contributed by atoms with E-state index in [1.54, 1.807) is 38.0 Å². The topological polar surface area (TPSA) is 74.8 Å². The van der Waals surface area contributed by atoms with Gasteiger partial charge in [-0.25, -0.2) is 9.48 Å². The summed E-state index contributed by atoms with van der Waals surface area (Å²) in [7, 11) is 3.52. The largest absolute Gasteiger partial charge is 0.460 e. The fraction of sp³-hybridized carbons (Fsp3) is 0.400. The van der Waals surface area contributed by atoms with Crippen molar-refractivity contribution in [3.63, 3.8) is 0 Å². The third kappa shape index (κ3) is 2.03. The third-order valence-corrected chi connectivity index (χ3v) is 2.27. The van der Waals surface area contributed by atoms with E-state index in [2.05, 4.69) is 15.2 Å². The van der Waals surface area contributed by atoms with Crippen LogP contribution in [-0.4, -0.2) is 37.1 Å². The van der Waals surface area contributed by atoms with E-state index in [0.717, 1.165) is 5.69 Å². The van der Waals surface area contributed by atoms with Gasteiger partial charge < -0.3 is 4.74 Å². The molecule has 0 spiro atoms. The molecule has 0 aliphatic carbocycles. The minimum atomic E-state index is -0.517. The van der Waals surface area contributed by atoms with Crippen LogP contribution < -0.4 is 0 Å². The summed E-state index contributed by atoms with van der Waals surface area (Å²) in [6.07, 6.45) is 1.66. The average Bonchev–Trinajstić information content (AvgIpc) is 2.85. The smallest absolute Gasteiger partial charge is 0.378 e. The number of carbonyl (C=O) groups excluding carboxylic acids is 1. The van der Waals surface area contributed by atoms with Gasteiger partial charge in [-0.1, -0.05) is 0 Å². The highest BCUT2D eigenvalue weighted by atomic mass is 16.5. The number of carbonyl (C=O) groups is 1. The highest BCUT2D eigenvalue weighted by molar-refractivity contribution is 5.85. The number of esters is 1. The molecule has 2 rings (SSSR count). The second-order valence-corrected chi connectivity index (χ2v) is 3.44. The van der Waals surface area contributed by atoms with Crippen molar-refractivity contribution in [1.29, 1.82) is 0 Å². The SMILES string of the molecule is CCOC(=O)c1nc(-c2ccnn2C)n(C)n1. The van der Waals surface area contributed by atoms with Crippen molar-refractivity contribution in [2.45, 2.75) is 6.92 Å². The minimum Gasteiger partial charge on any atom is -0.460 e. The van der Waals surface area contributed by atoms with Gasteiger partial charge in [0.2, 0.25) is 0 Å². The zero-order valence-corrected chi connectivity index (χ0v) is 9.91. The molecule has 0 amide bonds. The van der Waals surface area contributed by atoms with Crippen LogP contribution in [0.5, 0.6) is 0 Å². The molecule has 7 nitrogen and oxygen atoms in total. The second-order valence-electron chi connectivity index (χ2n) is 3.44. The first-order valence-electron chi connectivity index (χ1n) is 5.20. The minimum absolute atomic E-state index is 0.0607. The molecule has 0 aliphatic rings. The molecule has 0 radical (unpaired) electrons. The predicted octanol–water partition coefficient (Wildman–Crippen LogP) is 0.392. The lowest BCUT2D eigenvalue weighted by molar-refractivity contribution is 0.0512. The first-order chi connectivity index (χ1) is 8.13. The monoisotopic (exact) mass is 235 g/mol. The molecule has 0 fully saturated rings. The second kappa shape index (κ2) is 4.36. The van der Waals surface area contributed by atoms with Gasteiger partial charge in [-0.2, -0.15) is 10.1 Å². The Morgan fingerprint density at radius 1 is 1.41 bits per heavy atom. The summed E-state index contributed by atoms with van der Waals surface area (Å²) in [6.45, 7) is 2.04. The number of nitrogens with zero attached hydrogens (tertiary/aromatic N) is 5. The summed E-state index contributed by atoms with van der Waals surface area (Å²) in [5, 5.41) is 8.06. The number of ether oxygens (including phenoxy) is 1. The molecule has 0 bridgehead atoms. The number of aromatic nitrogens is 5. The lowest BCUT2D eigenvalue weighted by Crippen LogP contribution is -2.07. The molecule has 0 atom stereocenters. The van der Waals surface area contributed by atoms with E-state index < -0.39 is 5.97 Å². The van der Waals surface area contributed by atoms with Crippen LogP contribution in [0, 0.1) is 0 Å². The van der Waals surface area contributed by atoms with Crippen LogP contribution >= 0.6 is 0 Å². The van der Waals surface area contributed by atoms with Crippen molar-refractivity contribution in [2.75, 3.05) is 6.61 Å². The summed E-state index contributed by atoms with van der Waals surface area (Å²) in [4.78, 5) is 15.6. The highest BCUT2D eigenvalue weighted by Gasteiger charge is 2.18. The van der Waals surface area contributed by atoms with Crippen molar-refractivity contribution in [3.05, 3.63) is 18.1 Å². The van der Waals surface area contributed by atoms with Crippen molar-refractivity contribution in [2.24, 2.45) is 14.1 Å². The zero-order valence-electron chi connectivity index (χ0n) is 9.91. The van der Waals surface area contributed by atoms with E-state index in [4.69, 9.17) is 4.74 Å². The molecule has 17 heavy (non-hydrogen) atoms. The fourth-order valence-electron chi connectivity index (χ4n) is 1.48. The maximum Gasteiger partial charge on any atom is 0.378 e. The van der Waals surface area contributed by atoms with Gasteiger partial charge in [-0.15, -0.1) is 5.10 Å². The first kappa shape index (κ1) is 11.3. The van der Waals surface area contributed by atoms with Crippen LogP contribution in [0.1, 0.15) is 17.5 Å². The van der Waals surface area contributed by atoms with Gasteiger partial charge in [0.25, 0.3) is 5.82 Å². The Labute approximate surface area is 98.0 Å². The van der Waals surface area contributed by atoms with Gasteiger partial charge in [0, 0.05) is 20.3 Å². The van der Waals surface area contributed by atoms with Gasteiger partial charge in [0.1, 0.15) is 5.69 Å². The number of rotatable bonds is 3. The van der Waals surface area contributed by atoms with Crippen LogP contribution in [0.2, 0.25) is 0 Å². The molecule has 2 heterocycles. The van der Waals surface area contributed by atoms with Gasteiger partial charge in [0.05, 0.1) is 6.61 Å². The Hall–Kier alpha value is -2.18. The van der Waals surface area contributed by atoms with E-state index in [9.17, 15) is 4.79 Å². The summed E-state index contributed by atoms with van der Waals surface area (Å²) >= 11 is 0. The summed E-state index contributed by atoms with van der Waals surface area (Å²) < 4.78 is 8.04. The number of hydrogen-bond acceptors (Lipinski definition) is 5. The molecule has 0 saturated heterocycles. The summed E-state index contributed by atoms with van der Waals surface area (Å²) in [6, 6.07) is 1.80. The van der Waals surface area contributed by atoms with E-state index in [1.165, 1.54) is 4.68 Å². The van der Waals surface area contributed by atoms with Crippen molar-refractivity contribution in [3.8, 4) is 11.5 Å². The van der Waals surface area contributed by atoms with Gasteiger partial charge in [-0.3, -0.25) is 4.68 Å². The lowest BCUT2D eigenvalue weighted by Gasteiger charge is -1.98. The maximum atomic E-state index is 11.5. The molecular weight excluding hydrogens is 222 g/mol. The Balaban J connectivity index is 2.38. The zero-order chi connectivity index (χ0) is 12.4. The van der Waals surface area contributed by atoms with Gasteiger partial charge in [-0.05, 0) is 13.0 Å².